The Morgan fingerprint density at radius 1 is 1.27 bits per heavy atom. The summed E-state index contributed by atoms with van der Waals surface area (Å²) in [6.45, 7) is 4.83. The average molecular weight is 293 g/mol. The summed E-state index contributed by atoms with van der Waals surface area (Å²) in [5.74, 6) is -0.0501. The molecule has 1 aromatic heterocycles. The Morgan fingerprint density at radius 2 is 2.00 bits per heavy atom. The Morgan fingerprint density at radius 3 is 2.59 bits per heavy atom. The van der Waals surface area contributed by atoms with E-state index in [0.29, 0.717) is 25.1 Å². The molecule has 0 atom stereocenters. The van der Waals surface area contributed by atoms with Gasteiger partial charge in [0, 0.05) is 31.0 Å². The van der Waals surface area contributed by atoms with Gasteiger partial charge in [0.1, 0.15) is 0 Å². The van der Waals surface area contributed by atoms with Crippen LogP contribution >= 0.6 is 0 Å². The molecule has 1 aromatic carbocycles. The Hall–Kier alpha value is -2.67. The Balaban J connectivity index is 2.24. The second-order valence-electron chi connectivity index (χ2n) is 5.37. The minimum Gasteiger partial charge on any atom is -0.333 e. The number of carbonyl (C=O) groups excluding carboxylic acids is 1. The van der Waals surface area contributed by atoms with Crippen molar-refractivity contribution in [3.05, 3.63) is 65.0 Å². The number of nitrogens with zero attached hydrogens (tertiary/aromatic N) is 3. The average Bonchev–Trinajstić information content (AvgIpc) is 2.50. The number of rotatable bonds is 5. The zero-order valence-electron chi connectivity index (χ0n) is 12.9. The molecule has 2 rings (SSSR count). The van der Waals surface area contributed by atoms with Crippen LogP contribution in [0.5, 0.6) is 0 Å². The largest absolute Gasteiger partial charge is 0.333 e. The molecule has 1 amide bonds. The summed E-state index contributed by atoms with van der Waals surface area (Å²) < 4.78 is 0. The third kappa shape index (κ3) is 4.16. The summed E-state index contributed by atoms with van der Waals surface area (Å²) in [4.78, 5) is 18.5. The number of aromatic nitrogens is 1. The van der Waals surface area contributed by atoms with E-state index in [9.17, 15) is 4.79 Å². The lowest BCUT2D eigenvalue weighted by molar-refractivity contribution is 0.0746. The lowest BCUT2D eigenvalue weighted by Gasteiger charge is -2.22. The first kappa shape index (κ1) is 15.7. The normalized spacial score (nSPS) is 10.0. The van der Waals surface area contributed by atoms with Crippen LogP contribution in [0.25, 0.3) is 0 Å². The highest BCUT2D eigenvalue weighted by atomic mass is 16.2. The second-order valence-corrected chi connectivity index (χ2v) is 5.37. The summed E-state index contributed by atoms with van der Waals surface area (Å²) in [5.41, 5.74) is 3.74. The van der Waals surface area contributed by atoms with Gasteiger partial charge in [0.05, 0.1) is 12.5 Å². The fraction of sp³-hybridized carbons (Fsp3) is 0.278. The van der Waals surface area contributed by atoms with Gasteiger partial charge in [-0.2, -0.15) is 5.26 Å². The number of nitriles is 1. The van der Waals surface area contributed by atoms with Gasteiger partial charge in [0.25, 0.3) is 5.91 Å². The molecule has 1 heterocycles. The molecule has 4 nitrogen and oxygen atoms in total. The molecule has 0 aliphatic rings. The number of carbonyl (C=O) groups is 1. The maximum atomic E-state index is 12.8. The maximum Gasteiger partial charge on any atom is 0.254 e. The number of hydrogen-bond donors (Lipinski definition) is 0. The van der Waals surface area contributed by atoms with Crippen molar-refractivity contribution in [2.75, 3.05) is 6.54 Å². The van der Waals surface area contributed by atoms with Gasteiger partial charge in [0.2, 0.25) is 0 Å². The van der Waals surface area contributed by atoms with Crippen molar-refractivity contribution in [3.8, 4) is 6.07 Å². The molecule has 4 heteroatoms. The van der Waals surface area contributed by atoms with Crippen LogP contribution in [0.1, 0.15) is 33.5 Å². The van der Waals surface area contributed by atoms with Crippen molar-refractivity contribution in [3.63, 3.8) is 0 Å². The van der Waals surface area contributed by atoms with Gasteiger partial charge in [-0.1, -0.05) is 23.3 Å². The van der Waals surface area contributed by atoms with Gasteiger partial charge in [-0.15, -0.1) is 0 Å². The smallest absolute Gasteiger partial charge is 0.254 e. The Labute approximate surface area is 131 Å². The van der Waals surface area contributed by atoms with Crippen molar-refractivity contribution in [1.82, 2.24) is 9.88 Å². The van der Waals surface area contributed by atoms with Gasteiger partial charge >= 0.3 is 0 Å². The first-order chi connectivity index (χ1) is 10.6. The van der Waals surface area contributed by atoms with E-state index in [1.54, 1.807) is 17.3 Å². The van der Waals surface area contributed by atoms with Crippen LogP contribution in [-0.4, -0.2) is 22.3 Å². The molecular formula is C18H19N3O. The van der Waals surface area contributed by atoms with Crippen molar-refractivity contribution in [2.24, 2.45) is 0 Å². The van der Waals surface area contributed by atoms with Crippen LogP contribution in [0.2, 0.25) is 0 Å². The highest BCUT2D eigenvalue weighted by Crippen LogP contribution is 2.14. The molecule has 2 aromatic rings. The van der Waals surface area contributed by atoms with Gasteiger partial charge in [0.15, 0.2) is 0 Å². The third-order valence-electron chi connectivity index (χ3n) is 3.35. The fourth-order valence-corrected chi connectivity index (χ4v) is 2.43. The quantitative estimate of drug-likeness (QED) is 0.850. The number of pyridine rings is 1. The first-order valence-electron chi connectivity index (χ1n) is 7.23. The van der Waals surface area contributed by atoms with E-state index in [1.165, 1.54) is 0 Å². The summed E-state index contributed by atoms with van der Waals surface area (Å²) in [5, 5.41) is 8.82. The summed E-state index contributed by atoms with van der Waals surface area (Å²) in [7, 11) is 0. The Kier molecular flexibility index (Phi) is 5.26. The molecule has 0 N–H and O–H groups in total. The monoisotopic (exact) mass is 293 g/mol. The van der Waals surface area contributed by atoms with Gasteiger partial charge in [-0.25, -0.2) is 0 Å². The SMILES string of the molecule is Cc1cc(C)cc(C(=O)N(CCC#N)Cc2cccnc2)c1. The zero-order chi connectivity index (χ0) is 15.9. The first-order valence-corrected chi connectivity index (χ1v) is 7.23. The standard InChI is InChI=1S/C18H19N3O/c1-14-9-15(2)11-17(10-14)18(22)21(8-4-6-19)13-16-5-3-7-20-12-16/h3,5,7,9-12H,4,8,13H2,1-2H3. The summed E-state index contributed by atoms with van der Waals surface area (Å²) in [6.07, 6.45) is 3.76. The molecule has 0 fully saturated rings. The highest BCUT2D eigenvalue weighted by Gasteiger charge is 2.16. The van der Waals surface area contributed by atoms with E-state index in [-0.39, 0.29) is 5.91 Å². The topological polar surface area (TPSA) is 57.0 Å². The summed E-state index contributed by atoms with van der Waals surface area (Å²) in [6, 6.07) is 11.7. The van der Waals surface area contributed by atoms with E-state index in [0.717, 1.165) is 16.7 Å². The maximum absolute atomic E-state index is 12.8. The second kappa shape index (κ2) is 7.37. The van der Waals surface area contributed by atoms with Gasteiger partial charge in [-0.3, -0.25) is 9.78 Å². The van der Waals surface area contributed by atoms with E-state index in [2.05, 4.69) is 11.1 Å². The third-order valence-corrected chi connectivity index (χ3v) is 3.35. The molecule has 0 bridgehead atoms. The predicted molar refractivity (Wildman–Crippen MR) is 85.1 cm³/mol. The highest BCUT2D eigenvalue weighted by molar-refractivity contribution is 5.94. The number of amides is 1. The molecule has 0 aliphatic carbocycles. The lowest BCUT2D eigenvalue weighted by Crippen LogP contribution is -2.31. The minimum atomic E-state index is -0.0501. The molecule has 0 radical (unpaired) electrons. The number of benzene rings is 1. The molecule has 0 unspecified atom stereocenters. The lowest BCUT2D eigenvalue weighted by atomic mass is 10.1. The van der Waals surface area contributed by atoms with Gasteiger partial charge < -0.3 is 4.90 Å². The van der Waals surface area contributed by atoms with Crippen LogP contribution in [0.3, 0.4) is 0 Å². The van der Waals surface area contributed by atoms with E-state index < -0.39 is 0 Å². The molecule has 0 aliphatic heterocycles. The molecule has 0 saturated carbocycles. The van der Waals surface area contributed by atoms with E-state index >= 15 is 0 Å². The van der Waals surface area contributed by atoms with Crippen molar-refractivity contribution in [2.45, 2.75) is 26.8 Å². The van der Waals surface area contributed by atoms with Crippen LogP contribution < -0.4 is 0 Å². The fourth-order valence-electron chi connectivity index (χ4n) is 2.43. The van der Waals surface area contributed by atoms with Crippen LogP contribution in [-0.2, 0) is 6.54 Å². The zero-order valence-corrected chi connectivity index (χ0v) is 12.9. The van der Waals surface area contributed by atoms with Crippen molar-refractivity contribution >= 4 is 5.91 Å². The molecule has 0 saturated heterocycles. The van der Waals surface area contributed by atoms with Crippen LogP contribution in [0.15, 0.2) is 42.7 Å². The predicted octanol–water partition coefficient (Wildman–Crippen LogP) is 3.25. The summed E-state index contributed by atoms with van der Waals surface area (Å²) >= 11 is 0. The molecule has 112 valence electrons. The van der Waals surface area contributed by atoms with Crippen LogP contribution in [0, 0.1) is 25.2 Å². The minimum absolute atomic E-state index is 0.0501. The molecule has 22 heavy (non-hydrogen) atoms. The van der Waals surface area contributed by atoms with Gasteiger partial charge in [-0.05, 0) is 37.6 Å². The van der Waals surface area contributed by atoms with Crippen molar-refractivity contribution in [1.29, 1.82) is 5.26 Å². The van der Waals surface area contributed by atoms with E-state index in [4.69, 9.17) is 5.26 Å². The molecular weight excluding hydrogens is 274 g/mol. The van der Waals surface area contributed by atoms with Crippen molar-refractivity contribution < 1.29 is 4.79 Å². The number of aryl methyl sites for hydroxylation is 2. The van der Waals surface area contributed by atoms with Crippen LogP contribution in [0.4, 0.5) is 0 Å². The number of hydrogen-bond acceptors (Lipinski definition) is 3. The van der Waals surface area contributed by atoms with E-state index in [1.807, 2.05) is 44.2 Å². The Bertz CT molecular complexity index is 669. The molecule has 0 spiro atoms.